The third-order valence-corrected chi connectivity index (χ3v) is 3.85. The summed E-state index contributed by atoms with van der Waals surface area (Å²) in [7, 11) is 0. The normalized spacial score (nSPS) is 22.1. The number of ether oxygens (including phenoxy) is 1. The summed E-state index contributed by atoms with van der Waals surface area (Å²) in [5.41, 5.74) is 4.50. The lowest BCUT2D eigenvalue weighted by Gasteiger charge is -2.38. The van der Waals surface area contributed by atoms with Crippen LogP contribution in [-0.2, 0) is 11.3 Å². The SMILES string of the molecule is CC1(C)CCCC2=C1c1ccccc1CO2. The molecule has 0 aromatic heterocycles. The van der Waals surface area contributed by atoms with Gasteiger partial charge in [-0.15, -0.1) is 0 Å². The van der Waals surface area contributed by atoms with Gasteiger partial charge in [-0.1, -0.05) is 38.1 Å². The van der Waals surface area contributed by atoms with Gasteiger partial charge in [-0.25, -0.2) is 0 Å². The van der Waals surface area contributed by atoms with Crippen molar-refractivity contribution in [3.05, 3.63) is 41.2 Å². The highest BCUT2D eigenvalue weighted by atomic mass is 16.5. The van der Waals surface area contributed by atoms with Gasteiger partial charge in [0.25, 0.3) is 0 Å². The number of hydrogen-bond acceptors (Lipinski definition) is 1. The molecule has 0 saturated heterocycles. The zero-order chi connectivity index (χ0) is 11.2. The summed E-state index contributed by atoms with van der Waals surface area (Å²) in [6, 6.07) is 8.67. The van der Waals surface area contributed by atoms with Crippen molar-refractivity contribution in [2.75, 3.05) is 0 Å². The highest BCUT2D eigenvalue weighted by Crippen LogP contribution is 2.49. The summed E-state index contributed by atoms with van der Waals surface area (Å²) in [4.78, 5) is 0. The van der Waals surface area contributed by atoms with Crippen LogP contribution >= 0.6 is 0 Å². The van der Waals surface area contributed by atoms with Gasteiger partial charge in [-0.05, 0) is 29.4 Å². The molecular weight excluding hydrogens is 196 g/mol. The second-order valence-electron chi connectivity index (χ2n) is 5.48. The van der Waals surface area contributed by atoms with Crippen LogP contribution < -0.4 is 0 Å². The second-order valence-corrected chi connectivity index (χ2v) is 5.48. The Morgan fingerprint density at radius 1 is 1.19 bits per heavy atom. The average molecular weight is 214 g/mol. The van der Waals surface area contributed by atoms with Crippen molar-refractivity contribution >= 4 is 5.57 Å². The highest BCUT2D eigenvalue weighted by molar-refractivity contribution is 5.75. The molecule has 84 valence electrons. The molecule has 1 aromatic rings. The molecule has 2 aliphatic rings. The van der Waals surface area contributed by atoms with Crippen molar-refractivity contribution in [1.29, 1.82) is 0 Å². The fourth-order valence-corrected chi connectivity index (χ4v) is 3.03. The molecule has 1 aliphatic heterocycles. The van der Waals surface area contributed by atoms with E-state index in [4.69, 9.17) is 4.74 Å². The molecule has 0 amide bonds. The summed E-state index contributed by atoms with van der Waals surface area (Å²) in [5.74, 6) is 1.25. The predicted molar refractivity (Wildman–Crippen MR) is 65.8 cm³/mol. The first-order valence-electron chi connectivity index (χ1n) is 6.13. The van der Waals surface area contributed by atoms with E-state index < -0.39 is 0 Å². The van der Waals surface area contributed by atoms with Crippen LogP contribution in [0.15, 0.2) is 30.0 Å². The molecule has 1 heteroatoms. The molecule has 1 nitrogen and oxygen atoms in total. The topological polar surface area (TPSA) is 9.23 Å². The third-order valence-electron chi connectivity index (χ3n) is 3.85. The van der Waals surface area contributed by atoms with Crippen molar-refractivity contribution < 1.29 is 4.74 Å². The fraction of sp³-hybridized carbons (Fsp3) is 0.467. The Labute approximate surface area is 97.1 Å². The van der Waals surface area contributed by atoms with E-state index in [0.29, 0.717) is 0 Å². The zero-order valence-corrected chi connectivity index (χ0v) is 10.0. The van der Waals surface area contributed by atoms with Crippen molar-refractivity contribution in [3.63, 3.8) is 0 Å². The molecule has 0 atom stereocenters. The van der Waals surface area contributed by atoms with Gasteiger partial charge >= 0.3 is 0 Å². The lowest BCUT2D eigenvalue weighted by Crippen LogP contribution is -2.24. The van der Waals surface area contributed by atoms with Gasteiger partial charge in [-0.2, -0.15) is 0 Å². The Balaban J connectivity index is 2.20. The van der Waals surface area contributed by atoms with E-state index in [2.05, 4.69) is 38.1 Å². The number of allylic oxidation sites excluding steroid dienone is 2. The van der Waals surface area contributed by atoms with E-state index in [0.717, 1.165) is 13.0 Å². The van der Waals surface area contributed by atoms with E-state index in [1.165, 1.54) is 35.3 Å². The molecule has 1 aliphatic carbocycles. The van der Waals surface area contributed by atoms with Gasteiger partial charge in [0.15, 0.2) is 0 Å². The summed E-state index contributed by atoms with van der Waals surface area (Å²) in [6.07, 6.45) is 3.64. The van der Waals surface area contributed by atoms with Crippen molar-refractivity contribution in [1.82, 2.24) is 0 Å². The predicted octanol–water partition coefficient (Wildman–Crippen LogP) is 4.14. The van der Waals surface area contributed by atoms with Gasteiger partial charge in [0.2, 0.25) is 0 Å². The minimum atomic E-state index is 0.268. The van der Waals surface area contributed by atoms with Crippen LogP contribution in [0.4, 0.5) is 0 Å². The number of fused-ring (bicyclic) bond motifs is 2. The Hall–Kier alpha value is -1.24. The first kappa shape index (κ1) is 9.95. The average Bonchev–Trinajstić information content (AvgIpc) is 2.28. The standard InChI is InChI=1S/C15H18O/c1-15(2)9-5-8-13-14(15)12-7-4-3-6-11(12)10-16-13/h3-4,6-7H,5,8-10H2,1-2H3. The minimum Gasteiger partial charge on any atom is -0.493 e. The quantitative estimate of drug-likeness (QED) is 0.630. The Morgan fingerprint density at radius 3 is 2.88 bits per heavy atom. The number of benzene rings is 1. The van der Waals surface area contributed by atoms with Crippen LogP contribution in [0, 0.1) is 5.41 Å². The van der Waals surface area contributed by atoms with E-state index >= 15 is 0 Å². The maximum absolute atomic E-state index is 5.92. The van der Waals surface area contributed by atoms with E-state index in [9.17, 15) is 0 Å². The molecule has 0 spiro atoms. The Kier molecular flexibility index (Phi) is 2.10. The van der Waals surface area contributed by atoms with E-state index in [1.54, 1.807) is 0 Å². The highest BCUT2D eigenvalue weighted by Gasteiger charge is 2.34. The second kappa shape index (κ2) is 3.38. The molecule has 0 unspecified atom stereocenters. The van der Waals surface area contributed by atoms with Crippen molar-refractivity contribution in [3.8, 4) is 0 Å². The molecular formula is C15H18O. The number of hydrogen-bond donors (Lipinski definition) is 0. The minimum absolute atomic E-state index is 0.268. The molecule has 0 fully saturated rings. The van der Waals surface area contributed by atoms with E-state index in [-0.39, 0.29) is 5.41 Å². The molecule has 0 saturated carbocycles. The number of rotatable bonds is 0. The van der Waals surface area contributed by atoms with Crippen LogP contribution in [-0.4, -0.2) is 0 Å². The van der Waals surface area contributed by atoms with Crippen LogP contribution in [0.25, 0.3) is 5.57 Å². The zero-order valence-electron chi connectivity index (χ0n) is 10.0. The Bertz CT molecular complexity index is 454. The lowest BCUT2D eigenvalue weighted by molar-refractivity contribution is 0.167. The summed E-state index contributed by atoms with van der Waals surface area (Å²) < 4.78 is 5.92. The molecule has 0 N–H and O–H groups in total. The van der Waals surface area contributed by atoms with Gasteiger partial charge in [0.05, 0.1) is 0 Å². The largest absolute Gasteiger partial charge is 0.493 e. The summed E-state index contributed by atoms with van der Waals surface area (Å²) >= 11 is 0. The molecule has 3 rings (SSSR count). The molecule has 0 radical (unpaired) electrons. The fourth-order valence-electron chi connectivity index (χ4n) is 3.03. The lowest BCUT2D eigenvalue weighted by atomic mass is 9.70. The van der Waals surface area contributed by atoms with Gasteiger partial charge in [0, 0.05) is 12.0 Å². The molecule has 1 heterocycles. The van der Waals surface area contributed by atoms with Crippen molar-refractivity contribution in [2.45, 2.75) is 39.7 Å². The van der Waals surface area contributed by atoms with Crippen molar-refractivity contribution in [2.24, 2.45) is 5.41 Å². The maximum Gasteiger partial charge on any atom is 0.113 e. The summed E-state index contributed by atoms with van der Waals surface area (Å²) in [5, 5.41) is 0. The van der Waals surface area contributed by atoms with Crippen LogP contribution in [0.2, 0.25) is 0 Å². The molecule has 0 bridgehead atoms. The van der Waals surface area contributed by atoms with Gasteiger partial charge < -0.3 is 4.74 Å². The van der Waals surface area contributed by atoms with E-state index in [1.807, 2.05) is 0 Å². The first-order chi connectivity index (χ1) is 7.68. The maximum atomic E-state index is 5.92. The summed E-state index contributed by atoms with van der Waals surface area (Å²) in [6.45, 7) is 5.44. The van der Waals surface area contributed by atoms with Crippen LogP contribution in [0.3, 0.4) is 0 Å². The smallest absolute Gasteiger partial charge is 0.113 e. The monoisotopic (exact) mass is 214 g/mol. The first-order valence-corrected chi connectivity index (χ1v) is 6.13. The van der Waals surface area contributed by atoms with Gasteiger partial charge in [-0.3, -0.25) is 0 Å². The van der Waals surface area contributed by atoms with Crippen LogP contribution in [0.5, 0.6) is 0 Å². The molecule has 1 aromatic carbocycles. The molecule has 16 heavy (non-hydrogen) atoms. The third kappa shape index (κ3) is 1.38. The Morgan fingerprint density at radius 2 is 2.00 bits per heavy atom. The van der Waals surface area contributed by atoms with Gasteiger partial charge in [0.1, 0.15) is 12.4 Å². The van der Waals surface area contributed by atoms with Crippen LogP contribution in [0.1, 0.15) is 44.2 Å².